The van der Waals surface area contributed by atoms with Crippen LogP contribution in [-0.2, 0) is 9.53 Å². The maximum absolute atomic E-state index is 12.9. The van der Waals surface area contributed by atoms with Crippen molar-refractivity contribution in [1.82, 2.24) is 4.90 Å². The zero-order chi connectivity index (χ0) is 15.8. The summed E-state index contributed by atoms with van der Waals surface area (Å²) < 4.78 is 5.72. The zero-order valence-corrected chi connectivity index (χ0v) is 14.3. The third-order valence-electron chi connectivity index (χ3n) is 5.98. The largest absolute Gasteiger partial charge is 0.378 e. The van der Waals surface area contributed by atoms with E-state index in [0.29, 0.717) is 18.9 Å². The van der Waals surface area contributed by atoms with Gasteiger partial charge in [-0.1, -0.05) is 27.7 Å². The molecule has 1 amide bonds. The van der Waals surface area contributed by atoms with Gasteiger partial charge >= 0.3 is 0 Å². The quantitative estimate of drug-likeness (QED) is 0.867. The molecular weight excluding hydrogens is 264 g/mol. The van der Waals surface area contributed by atoms with Crippen LogP contribution in [0.3, 0.4) is 0 Å². The average molecular weight is 296 g/mol. The molecule has 0 aromatic carbocycles. The van der Waals surface area contributed by atoms with Gasteiger partial charge in [-0.05, 0) is 31.6 Å². The molecule has 2 N–H and O–H groups in total. The molecule has 1 aliphatic heterocycles. The van der Waals surface area contributed by atoms with Crippen molar-refractivity contribution in [3.05, 3.63) is 0 Å². The molecule has 2 atom stereocenters. The molecule has 2 aliphatic rings. The summed E-state index contributed by atoms with van der Waals surface area (Å²) in [6.45, 7) is 13.1. The van der Waals surface area contributed by atoms with Crippen LogP contribution >= 0.6 is 0 Å². The molecule has 1 aliphatic carbocycles. The molecule has 2 fully saturated rings. The van der Waals surface area contributed by atoms with Crippen molar-refractivity contribution in [3.63, 3.8) is 0 Å². The lowest BCUT2D eigenvalue weighted by molar-refractivity contribution is -0.180. The van der Waals surface area contributed by atoms with Gasteiger partial charge in [0.15, 0.2) is 0 Å². The molecule has 122 valence electrons. The highest BCUT2D eigenvalue weighted by molar-refractivity contribution is 5.89. The van der Waals surface area contributed by atoms with Crippen molar-refractivity contribution in [3.8, 4) is 0 Å². The molecule has 2 rings (SSSR count). The Morgan fingerprint density at radius 2 is 1.90 bits per heavy atom. The Hall–Kier alpha value is -0.610. The van der Waals surface area contributed by atoms with E-state index >= 15 is 0 Å². The molecule has 1 saturated heterocycles. The van der Waals surface area contributed by atoms with Crippen molar-refractivity contribution in [2.75, 3.05) is 19.7 Å². The van der Waals surface area contributed by atoms with Crippen molar-refractivity contribution >= 4 is 5.91 Å². The van der Waals surface area contributed by atoms with E-state index in [9.17, 15) is 4.79 Å². The molecular formula is C17H32N2O2. The molecule has 1 heterocycles. The normalized spacial score (nSPS) is 33.1. The number of carbonyl (C=O) groups excluding carboxylic acids is 1. The van der Waals surface area contributed by atoms with Gasteiger partial charge in [-0.25, -0.2) is 0 Å². The Kier molecular flexibility index (Phi) is 4.69. The third kappa shape index (κ3) is 2.72. The van der Waals surface area contributed by atoms with E-state index in [1.807, 2.05) is 11.8 Å². The number of hydrogen-bond donors (Lipinski definition) is 1. The SMILES string of the molecule is CCOC1CC(N)(C(=O)N2CCC(C(C)C)CC2)C1(C)C. The predicted octanol–water partition coefficient (Wildman–Crippen LogP) is 2.41. The third-order valence-corrected chi connectivity index (χ3v) is 5.98. The fourth-order valence-electron chi connectivity index (χ4n) is 3.85. The molecule has 0 radical (unpaired) electrons. The van der Waals surface area contributed by atoms with Crippen LogP contribution in [0.25, 0.3) is 0 Å². The molecule has 4 heteroatoms. The van der Waals surface area contributed by atoms with E-state index in [4.69, 9.17) is 10.5 Å². The number of likely N-dealkylation sites (tertiary alicyclic amines) is 1. The monoisotopic (exact) mass is 296 g/mol. The summed E-state index contributed by atoms with van der Waals surface area (Å²) in [5, 5.41) is 0. The van der Waals surface area contributed by atoms with Gasteiger partial charge in [-0.2, -0.15) is 0 Å². The zero-order valence-electron chi connectivity index (χ0n) is 14.3. The molecule has 4 nitrogen and oxygen atoms in total. The maximum atomic E-state index is 12.9. The van der Waals surface area contributed by atoms with Gasteiger partial charge in [0.05, 0.1) is 6.10 Å². The lowest BCUT2D eigenvalue weighted by Crippen LogP contribution is -2.76. The highest BCUT2D eigenvalue weighted by Gasteiger charge is 2.63. The van der Waals surface area contributed by atoms with Crippen LogP contribution in [0.4, 0.5) is 0 Å². The topological polar surface area (TPSA) is 55.6 Å². The van der Waals surface area contributed by atoms with Gasteiger partial charge in [0.2, 0.25) is 5.91 Å². The molecule has 0 aromatic rings. The maximum Gasteiger partial charge on any atom is 0.243 e. The standard InChI is InChI=1S/C17H32N2O2/c1-6-21-14-11-17(18,16(14,4)5)15(20)19-9-7-13(8-10-19)12(2)3/h12-14H,6-11,18H2,1-5H3. The second kappa shape index (κ2) is 5.88. The molecule has 1 saturated carbocycles. The molecule has 2 unspecified atom stereocenters. The summed E-state index contributed by atoms with van der Waals surface area (Å²) in [7, 11) is 0. The van der Waals surface area contributed by atoms with Gasteiger partial charge < -0.3 is 15.4 Å². The second-order valence-electron chi connectivity index (χ2n) is 7.71. The molecule has 0 aromatic heterocycles. The van der Waals surface area contributed by atoms with Crippen LogP contribution in [0.15, 0.2) is 0 Å². The first-order chi connectivity index (χ1) is 9.74. The Morgan fingerprint density at radius 3 is 2.33 bits per heavy atom. The first kappa shape index (κ1) is 16.8. The summed E-state index contributed by atoms with van der Waals surface area (Å²) in [5.74, 6) is 1.58. The van der Waals surface area contributed by atoms with Crippen LogP contribution in [0.1, 0.15) is 53.9 Å². The summed E-state index contributed by atoms with van der Waals surface area (Å²) >= 11 is 0. The Bertz CT molecular complexity index is 386. The number of nitrogens with two attached hydrogens (primary N) is 1. The highest BCUT2D eigenvalue weighted by Crippen LogP contribution is 2.50. The minimum absolute atomic E-state index is 0.102. The number of carbonyl (C=O) groups is 1. The fraction of sp³-hybridized carbons (Fsp3) is 0.941. The number of hydrogen-bond acceptors (Lipinski definition) is 3. The minimum Gasteiger partial charge on any atom is -0.378 e. The van der Waals surface area contributed by atoms with E-state index < -0.39 is 5.54 Å². The minimum atomic E-state index is -0.752. The number of piperidine rings is 1. The van der Waals surface area contributed by atoms with Gasteiger partial charge in [0, 0.05) is 31.5 Å². The van der Waals surface area contributed by atoms with E-state index in [1.54, 1.807) is 0 Å². The van der Waals surface area contributed by atoms with Crippen molar-refractivity contribution < 1.29 is 9.53 Å². The molecule has 21 heavy (non-hydrogen) atoms. The van der Waals surface area contributed by atoms with Crippen molar-refractivity contribution in [2.24, 2.45) is 23.0 Å². The van der Waals surface area contributed by atoms with Crippen LogP contribution in [0.2, 0.25) is 0 Å². The first-order valence-electron chi connectivity index (χ1n) is 8.44. The highest BCUT2D eigenvalue weighted by atomic mass is 16.5. The number of amides is 1. The van der Waals surface area contributed by atoms with E-state index in [1.165, 1.54) is 0 Å². The summed E-state index contributed by atoms with van der Waals surface area (Å²) in [6.07, 6.45) is 2.96. The fourth-order valence-corrected chi connectivity index (χ4v) is 3.85. The van der Waals surface area contributed by atoms with Crippen molar-refractivity contribution in [1.29, 1.82) is 0 Å². The summed E-state index contributed by atoms with van der Waals surface area (Å²) in [5.41, 5.74) is 5.46. The van der Waals surface area contributed by atoms with Gasteiger partial charge in [0.25, 0.3) is 0 Å². The van der Waals surface area contributed by atoms with Crippen LogP contribution < -0.4 is 5.73 Å². The molecule has 0 bridgehead atoms. The summed E-state index contributed by atoms with van der Waals surface area (Å²) in [6, 6.07) is 0. The smallest absolute Gasteiger partial charge is 0.243 e. The lowest BCUT2D eigenvalue weighted by Gasteiger charge is -2.59. The van der Waals surface area contributed by atoms with E-state index in [-0.39, 0.29) is 17.4 Å². The Morgan fingerprint density at radius 1 is 1.33 bits per heavy atom. The van der Waals surface area contributed by atoms with Gasteiger partial charge in [-0.15, -0.1) is 0 Å². The number of ether oxygens (including phenoxy) is 1. The Labute approximate surface area is 129 Å². The van der Waals surface area contributed by atoms with E-state index in [0.717, 1.165) is 31.8 Å². The van der Waals surface area contributed by atoms with Crippen LogP contribution in [0, 0.1) is 17.3 Å². The second-order valence-corrected chi connectivity index (χ2v) is 7.71. The predicted molar refractivity (Wildman–Crippen MR) is 84.9 cm³/mol. The summed E-state index contributed by atoms with van der Waals surface area (Å²) in [4.78, 5) is 14.9. The van der Waals surface area contributed by atoms with E-state index in [2.05, 4.69) is 27.7 Å². The molecule has 0 spiro atoms. The lowest BCUT2D eigenvalue weighted by atomic mass is 9.54. The van der Waals surface area contributed by atoms with Gasteiger partial charge in [-0.3, -0.25) is 4.79 Å². The number of nitrogens with zero attached hydrogens (tertiary/aromatic N) is 1. The number of rotatable bonds is 4. The van der Waals surface area contributed by atoms with Crippen LogP contribution in [0.5, 0.6) is 0 Å². The first-order valence-corrected chi connectivity index (χ1v) is 8.44. The average Bonchev–Trinajstić information content (AvgIpc) is 2.46. The Balaban J connectivity index is 1.98. The van der Waals surface area contributed by atoms with Crippen LogP contribution in [-0.4, -0.2) is 42.1 Å². The van der Waals surface area contributed by atoms with Gasteiger partial charge in [0.1, 0.15) is 5.54 Å². The van der Waals surface area contributed by atoms with Crippen molar-refractivity contribution in [2.45, 2.75) is 65.5 Å².